The molecule has 0 saturated carbocycles. The average molecular weight is 373 g/mol. The van der Waals surface area contributed by atoms with Crippen molar-refractivity contribution >= 4 is 34.6 Å². The van der Waals surface area contributed by atoms with Crippen molar-refractivity contribution in [2.75, 3.05) is 0 Å². The van der Waals surface area contributed by atoms with Crippen LogP contribution in [0.25, 0.3) is 6.08 Å². The highest BCUT2D eigenvalue weighted by Crippen LogP contribution is 2.33. The van der Waals surface area contributed by atoms with Crippen molar-refractivity contribution in [1.82, 2.24) is 5.32 Å². The van der Waals surface area contributed by atoms with E-state index in [2.05, 4.69) is 10.3 Å². The lowest BCUT2D eigenvalue weighted by atomic mass is 10.1. The number of thioether (sulfide) groups is 1. The van der Waals surface area contributed by atoms with E-state index in [-0.39, 0.29) is 10.9 Å². The second-order valence-corrected chi connectivity index (χ2v) is 6.30. The summed E-state index contributed by atoms with van der Waals surface area (Å²) in [5.41, 5.74) is 0.413. The van der Waals surface area contributed by atoms with Crippen LogP contribution >= 0.6 is 11.8 Å². The van der Waals surface area contributed by atoms with Gasteiger partial charge in [0, 0.05) is 0 Å². The quantitative estimate of drug-likeness (QED) is 0.790. The van der Waals surface area contributed by atoms with Crippen molar-refractivity contribution in [2.45, 2.75) is 6.18 Å². The summed E-state index contributed by atoms with van der Waals surface area (Å²) < 4.78 is 38.3. The van der Waals surface area contributed by atoms with Gasteiger partial charge in [-0.3, -0.25) is 4.79 Å². The Hall–Kier alpha value is -3.05. The molecule has 1 N–H and O–H groups in total. The Morgan fingerprint density at radius 2 is 1.92 bits per heavy atom. The molecule has 0 spiro atoms. The van der Waals surface area contributed by atoms with Gasteiger partial charge in [-0.25, -0.2) is 4.99 Å². The number of nitrogens with one attached hydrogen (secondary N) is 1. The predicted octanol–water partition coefficient (Wildman–Crippen LogP) is 4.47. The van der Waals surface area contributed by atoms with Gasteiger partial charge in [0.05, 0.1) is 27.8 Å². The van der Waals surface area contributed by atoms with E-state index >= 15 is 0 Å². The van der Waals surface area contributed by atoms with E-state index in [1.54, 1.807) is 30.3 Å². The van der Waals surface area contributed by atoms with Gasteiger partial charge < -0.3 is 5.32 Å². The fourth-order valence-corrected chi connectivity index (χ4v) is 3.04. The second-order valence-electron chi connectivity index (χ2n) is 5.27. The molecule has 4 nitrogen and oxygen atoms in total. The van der Waals surface area contributed by atoms with Gasteiger partial charge in [-0.2, -0.15) is 18.4 Å². The highest BCUT2D eigenvalue weighted by atomic mass is 32.2. The minimum absolute atomic E-state index is 0.0929. The number of hydrogen-bond donors (Lipinski definition) is 1. The van der Waals surface area contributed by atoms with Crippen molar-refractivity contribution < 1.29 is 18.0 Å². The van der Waals surface area contributed by atoms with Gasteiger partial charge in [0.15, 0.2) is 5.17 Å². The van der Waals surface area contributed by atoms with Gasteiger partial charge in [0.2, 0.25) is 0 Å². The standard InChI is InChI=1S/C18H10F3N3OS/c19-18(20,21)13-5-2-6-14(9-13)23-17-24-16(25)15(26-17)8-11-3-1-4-12(7-11)10-22/h1-9H,(H,23,24,25)/b15-8+. The van der Waals surface area contributed by atoms with Crippen LogP contribution in [0.15, 0.2) is 58.4 Å². The summed E-state index contributed by atoms with van der Waals surface area (Å²) in [6.07, 6.45) is -2.87. The van der Waals surface area contributed by atoms with Crippen LogP contribution in [-0.2, 0) is 11.0 Å². The second kappa shape index (κ2) is 7.06. The first kappa shape index (κ1) is 17.8. The molecule has 26 heavy (non-hydrogen) atoms. The topological polar surface area (TPSA) is 65.2 Å². The van der Waals surface area contributed by atoms with E-state index in [1.807, 2.05) is 6.07 Å². The molecule has 0 aliphatic carbocycles. The molecule has 1 saturated heterocycles. The van der Waals surface area contributed by atoms with Gasteiger partial charge >= 0.3 is 6.18 Å². The average Bonchev–Trinajstić information content (AvgIpc) is 2.93. The maximum absolute atomic E-state index is 12.8. The van der Waals surface area contributed by atoms with Crippen LogP contribution in [-0.4, -0.2) is 11.1 Å². The van der Waals surface area contributed by atoms with Crippen molar-refractivity contribution in [1.29, 1.82) is 5.26 Å². The Bertz CT molecular complexity index is 974. The Morgan fingerprint density at radius 3 is 2.65 bits per heavy atom. The van der Waals surface area contributed by atoms with Crippen LogP contribution in [0.3, 0.4) is 0 Å². The van der Waals surface area contributed by atoms with Gasteiger partial charge in [-0.05, 0) is 53.7 Å². The summed E-state index contributed by atoms with van der Waals surface area (Å²) in [4.78, 5) is 16.4. The summed E-state index contributed by atoms with van der Waals surface area (Å²) in [6.45, 7) is 0. The van der Waals surface area contributed by atoms with Crippen LogP contribution < -0.4 is 5.32 Å². The van der Waals surface area contributed by atoms with Crippen LogP contribution in [0.2, 0.25) is 0 Å². The van der Waals surface area contributed by atoms with E-state index < -0.39 is 17.6 Å². The number of alkyl halides is 3. The van der Waals surface area contributed by atoms with Gasteiger partial charge in [-0.1, -0.05) is 18.2 Å². The smallest absolute Gasteiger partial charge is 0.300 e. The van der Waals surface area contributed by atoms with Crippen molar-refractivity contribution in [3.63, 3.8) is 0 Å². The molecule has 2 aromatic rings. The van der Waals surface area contributed by atoms with E-state index in [1.165, 1.54) is 12.1 Å². The van der Waals surface area contributed by atoms with Crippen molar-refractivity contribution in [2.24, 2.45) is 4.99 Å². The Morgan fingerprint density at radius 1 is 1.15 bits per heavy atom. The molecule has 3 rings (SSSR count). The number of amides is 1. The third-order valence-corrected chi connectivity index (χ3v) is 4.28. The molecule has 1 heterocycles. The number of carbonyl (C=O) groups excluding carboxylic acids is 1. The minimum Gasteiger partial charge on any atom is -0.300 e. The molecule has 0 unspecified atom stereocenters. The number of benzene rings is 2. The number of amidine groups is 1. The Kier molecular flexibility index (Phi) is 4.82. The molecule has 0 bridgehead atoms. The number of carbonyl (C=O) groups is 1. The minimum atomic E-state index is -4.46. The van der Waals surface area contributed by atoms with E-state index in [4.69, 9.17) is 5.26 Å². The van der Waals surface area contributed by atoms with E-state index in [0.29, 0.717) is 16.0 Å². The lowest BCUT2D eigenvalue weighted by Crippen LogP contribution is -2.19. The maximum atomic E-state index is 12.8. The van der Waals surface area contributed by atoms with Gasteiger partial charge in [0.25, 0.3) is 5.91 Å². The highest BCUT2D eigenvalue weighted by Gasteiger charge is 2.30. The number of nitrogens with zero attached hydrogens (tertiary/aromatic N) is 2. The molecule has 1 aliphatic rings. The molecule has 0 atom stereocenters. The number of halogens is 3. The fourth-order valence-electron chi connectivity index (χ4n) is 2.20. The van der Waals surface area contributed by atoms with Crippen molar-refractivity contribution in [3.05, 3.63) is 70.1 Å². The summed E-state index contributed by atoms with van der Waals surface area (Å²) in [5, 5.41) is 11.6. The monoisotopic (exact) mass is 373 g/mol. The molecular formula is C18H10F3N3OS. The van der Waals surface area contributed by atoms with Crippen LogP contribution in [0.5, 0.6) is 0 Å². The summed E-state index contributed by atoms with van der Waals surface area (Å²) in [7, 11) is 0. The molecule has 2 aromatic carbocycles. The van der Waals surface area contributed by atoms with Crippen molar-refractivity contribution in [3.8, 4) is 6.07 Å². The molecule has 8 heteroatoms. The number of aliphatic imine (C=N–C) groups is 1. The molecule has 0 aromatic heterocycles. The van der Waals surface area contributed by atoms with E-state index in [9.17, 15) is 18.0 Å². The maximum Gasteiger partial charge on any atom is 0.416 e. The number of hydrogen-bond acceptors (Lipinski definition) is 4. The summed E-state index contributed by atoms with van der Waals surface area (Å²) in [6, 6.07) is 13.3. The zero-order valence-electron chi connectivity index (χ0n) is 13.0. The lowest BCUT2D eigenvalue weighted by Gasteiger charge is -2.06. The SMILES string of the molecule is N#Cc1cccc(/C=C2/SC(=Nc3cccc(C(F)(F)F)c3)NC2=O)c1. The fraction of sp³-hybridized carbons (Fsp3) is 0.0556. The molecule has 1 amide bonds. The summed E-state index contributed by atoms with van der Waals surface area (Å²) >= 11 is 1.02. The van der Waals surface area contributed by atoms with Gasteiger partial charge in [0.1, 0.15) is 0 Å². The lowest BCUT2D eigenvalue weighted by molar-refractivity contribution is -0.137. The van der Waals surface area contributed by atoms with Gasteiger partial charge in [-0.15, -0.1) is 0 Å². The first-order chi connectivity index (χ1) is 12.3. The first-order valence-electron chi connectivity index (χ1n) is 7.32. The zero-order valence-corrected chi connectivity index (χ0v) is 13.9. The number of nitriles is 1. The van der Waals surface area contributed by atoms with E-state index in [0.717, 1.165) is 23.9 Å². The molecular weight excluding hydrogens is 363 g/mol. The normalized spacial score (nSPS) is 17.4. The molecule has 1 aliphatic heterocycles. The highest BCUT2D eigenvalue weighted by molar-refractivity contribution is 8.18. The van der Waals surface area contributed by atoms with Crippen LogP contribution in [0.4, 0.5) is 18.9 Å². The number of rotatable bonds is 2. The third kappa shape index (κ3) is 4.13. The third-order valence-electron chi connectivity index (χ3n) is 3.37. The largest absolute Gasteiger partial charge is 0.416 e. The summed E-state index contributed by atoms with van der Waals surface area (Å²) in [5.74, 6) is -0.400. The Balaban J connectivity index is 1.84. The molecule has 130 valence electrons. The molecule has 1 fully saturated rings. The zero-order chi connectivity index (χ0) is 18.7. The predicted molar refractivity (Wildman–Crippen MR) is 93.4 cm³/mol. The Labute approximate surface area is 151 Å². The molecule has 0 radical (unpaired) electrons. The first-order valence-corrected chi connectivity index (χ1v) is 8.14. The van der Waals surface area contributed by atoms with Crippen LogP contribution in [0, 0.1) is 11.3 Å². The van der Waals surface area contributed by atoms with Crippen LogP contribution in [0.1, 0.15) is 16.7 Å².